The number of nitrogens with one attached hydrogen (secondary N) is 2. The number of anilines is 3. The Morgan fingerprint density at radius 2 is 1.83 bits per heavy atom. The first-order valence-corrected chi connectivity index (χ1v) is 11.8. The minimum atomic E-state index is -0.784. The minimum Gasteiger partial charge on any atom is -0.480 e. The first-order valence-electron chi connectivity index (χ1n) is 11.8. The summed E-state index contributed by atoms with van der Waals surface area (Å²) in [6.45, 7) is 4.34. The fraction of sp³-hybridized carbons (Fsp3) is 0.320. The molecule has 0 saturated carbocycles. The van der Waals surface area contributed by atoms with Crippen molar-refractivity contribution in [1.82, 2.24) is 24.8 Å². The molecule has 0 bridgehead atoms. The summed E-state index contributed by atoms with van der Waals surface area (Å²) in [6, 6.07) is 13.5. The van der Waals surface area contributed by atoms with Gasteiger partial charge in [-0.25, -0.2) is 15.0 Å². The summed E-state index contributed by atoms with van der Waals surface area (Å²) in [7, 11) is 0. The van der Waals surface area contributed by atoms with Crippen molar-refractivity contribution in [2.45, 2.75) is 13.0 Å². The molecule has 0 unspecified atom stereocenters. The average Bonchev–Trinajstić information content (AvgIpc) is 2.86. The van der Waals surface area contributed by atoms with E-state index in [1.165, 1.54) is 0 Å². The molecule has 1 amide bonds. The number of benzene rings is 1. The van der Waals surface area contributed by atoms with Gasteiger partial charge in [-0.05, 0) is 35.9 Å². The fourth-order valence-electron chi connectivity index (χ4n) is 3.97. The molecule has 0 spiro atoms. The minimum absolute atomic E-state index is 0.0951. The van der Waals surface area contributed by atoms with Crippen LogP contribution in [0.1, 0.15) is 12.0 Å². The maximum Gasteiger partial charge on any atom is 0.317 e. The third kappa shape index (κ3) is 7.28. The van der Waals surface area contributed by atoms with E-state index in [9.17, 15) is 9.59 Å². The van der Waals surface area contributed by atoms with Gasteiger partial charge >= 0.3 is 5.97 Å². The first kappa shape index (κ1) is 25.2. The second-order valence-corrected chi connectivity index (χ2v) is 8.56. The van der Waals surface area contributed by atoms with Crippen molar-refractivity contribution >= 4 is 29.3 Å². The van der Waals surface area contributed by atoms with E-state index < -0.39 is 5.97 Å². The molecule has 1 fully saturated rings. The summed E-state index contributed by atoms with van der Waals surface area (Å²) in [5.74, 6) is -0.0282. The van der Waals surface area contributed by atoms with Crippen LogP contribution < -0.4 is 16.4 Å². The molecule has 11 nitrogen and oxygen atoms in total. The second-order valence-electron chi connectivity index (χ2n) is 8.56. The molecule has 3 heterocycles. The fourth-order valence-corrected chi connectivity index (χ4v) is 3.97. The van der Waals surface area contributed by atoms with Gasteiger partial charge in [0.2, 0.25) is 11.9 Å². The highest BCUT2D eigenvalue weighted by molar-refractivity contribution is 5.90. The molecule has 36 heavy (non-hydrogen) atoms. The molecule has 0 aliphatic carbocycles. The predicted molar refractivity (Wildman–Crippen MR) is 137 cm³/mol. The zero-order valence-corrected chi connectivity index (χ0v) is 19.9. The molecular formula is C25H30N8O3. The van der Waals surface area contributed by atoms with E-state index in [1.54, 1.807) is 24.5 Å². The number of carbonyl (C=O) groups is 2. The van der Waals surface area contributed by atoms with E-state index in [0.29, 0.717) is 17.5 Å². The lowest BCUT2D eigenvalue weighted by Gasteiger charge is -2.33. The van der Waals surface area contributed by atoms with E-state index in [0.717, 1.165) is 49.5 Å². The highest BCUT2D eigenvalue weighted by Gasteiger charge is 2.18. The van der Waals surface area contributed by atoms with Crippen molar-refractivity contribution in [3.63, 3.8) is 0 Å². The Labute approximate surface area is 209 Å². The monoisotopic (exact) mass is 490 g/mol. The molecule has 3 aromatic rings. The lowest BCUT2D eigenvalue weighted by Crippen LogP contribution is -2.47. The van der Waals surface area contributed by atoms with Crippen molar-refractivity contribution in [2.24, 2.45) is 5.73 Å². The average molecular weight is 491 g/mol. The number of aromatic nitrogens is 3. The Kier molecular flexibility index (Phi) is 8.50. The molecule has 1 aliphatic heterocycles. The number of nitrogens with zero attached hydrogens (tertiary/aromatic N) is 5. The highest BCUT2D eigenvalue weighted by atomic mass is 16.4. The van der Waals surface area contributed by atoms with E-state index in [2.05, 4.69) is 42.6 Å². The number of rotatable bonds is 10. The Balaban J connectivity index is 1.36. The lowest BCUT2D eigenvalue weighted by atomic mass is 10.1. The van der Waals surface area contributed by atoms with Gasteiger partial charge < -0.3 is 21.5 Å². The number of hydrogen-bond acceptors (Lipinski definition) is 9. The summed E-state index contributed by atoms with van der Waals surface area (Å²) in [6.07, 6.45) is 3.58. The molecule has 4 rings (SSSR count). The smallest absolute Gasteiger partial charge is 0.317 e. The largest absolute Gasteiger partial charge is 0.480 e. The number of piperazine rings is 1. The number of pyridine rings is 1. The van der Waals surface area contributed by atoms with Gasteiger partial charge in [-0.3, -0.25) is 19.4 Å². The van der Waals surface area contributed by atoms with Crippen LogP contribution >= 0.6 is 0 Å². The van der Waals surface area contributed by atoms with Crippen LogP contribution in [-0.2, 0) is 16.1 Å². The third-order valence-corrected chi connectivity index (χ3v) is 5.77. The highest BCUT2D eigenvalue weighted by Crippen LogP contribution is 2.21. The second kappa shape index (κ2) is 12.2. The van der Waals surface area contributed by atoms with Crippen molar-refractivity contribution < 1.29 is 14.7 Å². The molecule has 1 aliphatic rings. The van der Waals surface area contributed by atoms with Gasteiger partial charge in [0.25, 0.3) is 0 Å². The maximum absolute atomic E-state index is 11.7. The Bertz CT molecular complexity index is 1180. The molecule has 2 aromatic heterocycles. The summed E-state index contributed by atoms with van der Waals surface area (Å²) in [5, 5.41) is 14.9. The SMILES string of the molecule is NCCC(=O)Nc1ccc(-c2ccnc(Nc3cccc(CN4CCN(CC(=O)O)CC4)c3)n2)cn1. The van der Waals surface area contributed by atoms with E-state index in [1.807, 2.05) is 23.1 Å². The van der Waals surface area contributed by atoms with Crippen LogP contribution in [0.2, 0.25) is 0 Å². The first-order chi connectivity index (χ1) is 17.5. The molecule has 11 heteroatoms. The van der Waals surface area contributed by atoms with Gasteiger partial charge in [0.05, 0.1) is 12.2 Å². The molecule has 0 atom stereocenters. The van der Waals surface area contributed by atoms with E-state index >= 15 is 0 Å². The van der Waals surface area contributed by atoms with Gasteiger partial charge in [0, 0.05) is 69.3 Å². The van der Waals surface area contributed by atoms with Crippen molar-refractivity contribution in [2.75, 3.05) is 49.9 Å². The van der Waals surface area contributed by atoms with Crippen molar-refractivity contribution in [3.05, 3.63) is 60.4 Å². The number of nitrogens with two attached hydrogens (primary N) is 1. The summed E-state index contributed by atoms with van der Waals surface area (Å²) in [5.41, 5.74) is 8.93. The molecular weight excluding hydrogens is 460 g/mol. The van der Waals surface area contributed by atoms with Crippen LogP contribution in [0.15, 0.2) is 54.9 Å². The number of aliphatic carboxylic acids is 1. The standard InChI is InChI=1S/C25H30N8O3/c26-8-6-23(34)31-22-5-4-19(15-28-22)21-7-9-27-25(30-21)29-20-3-1-2-18(14-20)16-32-10-12-33(13-11-32)17-24(35)36/h1-5,7,9,14-15H,6,8,10-13,16-17,26H2,(H,35,36)(H,27,29,30)(H,28,31,34). The summed E-state index contributed by atoms with van der Waals surface area (Å²) < 4.78 is 0. The number of carboxylic acids is 1. The zero-order valence-electron chi connectivity index (χ0n) is 19.9. The van der Waals surface area contributed by atoms with Crippen molar-refractivity contribution in [1.29, 1.82) is 0 Å². The van der Waals surface area contributed by atoms with Crippen LogP contribution in [0.5, 0.6) is 0 Å². The van der Waals surface area contributed by atoms with Gasteiger partial charge in [0.1, 0.15) is 5.82 Å². The van der Waals surface area contributed by atoms with E-state index in [-0.39, 0.29) is 25.4 Å². The predicted octanol–water partition coefficient (Wildman–Crippen LogP) is 1.77. The van der Waals surface area contributed by atoms with Crippen LogP contribution in [0.4, 0.5) is 17.5 Å². The normalized spacial score (nSPS) is 14.4. The summed E-state index contributed by atoms with van der Waals surface area (Å²) in [4.78, 5) is 40.1. The van der Waals surface area contributed by atoms with Crippen LogP contribution in [0.3, 0.4) is 0 Å². The number of carboxylic acid groups (broad SMARTS) is 1. The van der Waals surface area contributed by atoms with Gasteiger partial charge in [0.15, 0.2) is 0 Å². The van der Waals surface area contributed by atoms with Crippen LogP contribution in [-0.4, -0.2) is 81.0 Å². The van der Waals surface area contributed by atoms with Crippen LogP contribution in [0.25, 0.3) is 11.3 Å². The Hall–Kier alpha value is -3.93. The molecule has 1 aromatic carbocycles. The number of carbonyl (C=O) groups excluding carboxylic acids is 1. The number of amides is 1. The van der Waals surface area contributed by atoms with Crippen LogP contribution in [0, 0.1) is 0 Å². The Morgan fingerprint density at radius 1 is 1.03 bits per heavy atom. The van der Waals surface area contributed by atoms with Gasteiger partial charge in [-0.2, -0.15) is 0 Å². The molecule has 0 radical (unpaired) electrons. The maximum atomic E-state index is 11.7. The van der Waals surface area contributed by atoms with Gasteiger partial charge in [-0.15, -0.1) is 0 Å². The molecule has 5 N–H and O–H groups in total. The summed E-state index contributed by atoms with van der Waals surface area (Å²) >= 11 is 0. The quantitative estimate of drug-likeness (QED) is 0.331. The van der Waals surface area contributed by atoms with E-state index in [4.69, 9.17) is 10.8 Å². The van der Waals surface area contributed by atoms with Gasteiger partial charge in [-0.1, -0.05) is 12.1 Å². The van der Waals surface area contributed by atoms with Crippen molar-refractivity contribution in [3.8, 4) is 11.3 Å². The molecule has 1 saturated heterocycles. The number of hydrogen-bond donors (Lipinski definition) is 4. The third-order valence-electron chi connectivity index (χ3n) is 5.77. The topological polar surface area (TPSA) is 150 Å². The lowest BCUT2D eigenvalue weighted by molar-refractivity contribution is -0.138. The Morgan fingerprint density at radius 3 is 2.56 bits per heavy atom. The zero-order chi connectivity index (χ0) is 25.3. The molecule has 188 valence electrons.